The first-order valence-electron chi connectivity index (χ1n) is 8.61. The number of hydrogen-bond donors (Lipinski definition) is 0. The van der Waals surface area contributed by atoms with Crippen LogP contribution in [-0.2, 0) is 13.0 Å². The molecular weight excluding hydrogens is 287 g/mol. The molecule has 3 heteroatoms. The minimum Gasteiger partial charge on any atom is -0.368 e. The van der Waals surface area contributed by atoms with Gasteiger partial charge < -0.3 is 4.90 Å². The lowest BCUT2D eigenvalue weighted by Crippen LogP contribution is -2.44. The van der Waals surface area contributed by atoms with E-state index in [1.54, 1.807) is 12.1 Å². The number of halogens is 1. The third-order valence-corrected chi connectivity index (χ3v) is 5.23. The van der Waals surface area contributed by atoms with Gasteiger partial charge in [-0.3, -0.25) is 4.90 Å². The molecule has 0 unspecified atom stereocenters. The Morgan fingerprint density at radius 3 is 2.52 bits per heavy atom. The summed E-state index contributed by atoms with van der Waals surface area (Å²) in [6, 6.07) is 16.5. The van der Waals surface area contributed by atoms with Crippen LogP contribution in [0.5, 0.6) is 0 Å². The van der Waals surface area contributed by atoms with Crippen LogP contribution >= 0.6 is 0 Å². The van der Waals surface area contributed by atoms with Gasteiger partial charge in [-0.15, -0.1) is 0 Å². The van der Waals surface area contributed by atoms with Gasteiger partial charge in [0.15, 0.2) is 0 Å². The van der Waals surface area contributed by atoms with Gasteiger partial charge in [0.05, 0.1) is 0 Å². The molecule has 0 radical (unpaired) electrons. The van der Waals surface area contributed by atoms with E-state index >= 15 is 0 Å². The molecule has 2 aliphatic rings. The van der Waals surface area contributed by atoms with Gasteiger partial charge in [-0.25, -0.2) is 4.39 Å². The fraction of sp³-hybridized carbons (Fsp3) is 0.400. The Balaban J connectivity index is 1.38. The second kappa shape index (κ2) is 6.32. The maximum absolute atomic E-state index is 13.6. The van der Waals surface area contributed by atoms with E-state index in [0.717, 1.165) is 38.3 Å². The van der Waals surface area contributed by atoms with Crippen molar-refractivity contribution in [2.75, 3.05) is 24.5 Å². The molecule has 1 saturated heterocycles. The summed E-state index contributed by atoms with van der Waals surface area (Å²) in [7, 11) is 0. The van der Waals surface area contributed by atoms with Gasteiger partial charge in [0.1, 0.15) is 5.82 Å². The monoisotopic (exact) mass is 310 g/mol. The van der Waals surface area contributed by atoms with Crippen LogP contribution in [0.15, 0.2) is 48.5 Å². The van der Waals surface area contributed by atoms with Crippen molar-refractivity contribution in [1.82, 2.24) is 4.90 Å². The van der Waals surface area contributed by atoms with Crippen molar-refractivity contribution in [2.24, 2.45) is 0 Å². The maximum Gasteiger partial charge on any atom is 0.125 e. The molecule has 0 aliphatic carbocycles. The minimum absolute atomic E-state index is 0.114. The molecule has 23 heavy (non-hydrogen) atoms. The van der Waals surface area contributed by atoms with Crippen molar-refractivity contribution in [3.8, 4) is 0 Å². The van der Waals surface area contributed by atoms with E-state index < -0.39 is 0 Å². The Hall–Kier alpha value is -1.87. The average molecular weight is 310 g/mol. The number of hydrogen-bond acceptors (Lipinski definition) is 2. The van der Waals surface area contributed by atoms with Crippen LogP contribution in [0.4, 0.5) is 10.1 Å². The molecule has 2 heterocycles. The van der Waals surface area contributed by atoms with Crippen LogP contribution in [-0.4, -0.2) is 30.6 Å². The predicted octanol–water partition coefficient (Wildman–Crippen LogP) is 3.85. The number of piperidine rings is 1. The highest BCUT2D eigenvalue weighted by molar-refractivity contribution is 5.59. The van der Waals surface area contributed by atoms with E-state index in [-0.39, 0.29) is 5.82 Å². The summed E-state index contributed by atoms with van der Waals surface area (Å²) < 4.78 is 13.6. The number of fused-ring (bicyclic) bond motifs is 1. The molecule has 2 aromatic rings. The lowest BCUT2D eigenvalue weighted by Gasteiger charge is -2.38. The summed E-state index contributed by atoms with van der Waals surface area (Å²) >= 11 is 0. The standard InChI is InChI=1S/C20H23FN2/c21-18-7-6-17-8-13-23(20(17)14-18)19-9-11-22(12-10-19)15-16-4-2-1-3-5-16/h1-7,14,19H,8-13,15H2. The molecule has 2 aromatic carbocycles. The largest absolute Gasteiger partial charge is 0.368 e. The molecule has 0 atom stereocenters. The molecule has 1 fully saturated rings. The highest BCUT2D eigenvalue weighted by Gasteiger charge is 2.29. The number of nitrogens with zero attached hydrogens (tertiary/aromatic N) is 2. The Morgan fingerprint density at radius 2 is 1.74 bits per heavy atom. The maximum atomic E-state index is 13.6. The van der Waals surface area contributed by atoms with E-state index in [4.69, 9.17) is 0 Å². The molecule has 0 N–H and O–H groups in total. The molecule has 2 nitrogen and oxygen atoms in total. The zero-order valence-electron chi connectivity index (χ0n) is 13.4. The lowest BCUT2D eigenvalue weighted by atomic mass is 10.0. The van der Waals surface area contributed by atoms with Crippen LogP contribution in [0.2, 0.25) is 0 Å². The second-order valence-electron chi connectivity index (χ2n) is 6.71. The zero-order valence-corrected chi connectivity index (χ0v) is 13.4. The Morgan fingerprint density at radius 1 is 0.957 bits per heavy atom. The average Bonchev–Trinajstić information content (AvgIpc) is 2.99. The van der Waals surface area contributed by atoms with Crippen molar-refractivity contribution in [2.45, 2.75) is 31.8 Å². The molecule has 2 aliphatic heterocycles. The highest BCUT2D eigenvalue weighted by atomic mass is 19.1. The Bertz CT molecular complexity index is 663. The molecule has 120 valence electrons. The quantitative estimate of drug-likeness (QED) is 0.849. The fourth-order valence-electron chi connectivity index (χ4n) is 3.99. The molecule has 4 rings (SSSR count). The van der Waals surface area contributed by atoms with E-state index in [1.807, 2.05) is 6.07 Å². The first kappa shape index (κ1) is 14.7. The molecular formula is C20H23FN2. The second-order valence-corrected chi connectivity index (χ2v) is 6.71. The van der Waals surface area contributed by atoms with Gasteiger partial charge in [0.25, 0.3) is 0 Å². The summed E-state index contributed by atoms with van der Waals surface area (Å²) in [5, 5.41) is 0. The van der Waals surface area contributed by atoms with Crippen molar-refractivity contribution < 1.29 is 4.39 Å². The normalized spacial score (nSPS) is 19.1. The topological polar surface area (TPSA) is 6.48 Å². The van der Waals surface area contributed by atoms with Gasteiger partial charge in [-0.1, -0.05) is 36.4 Å². The Kier molecular flexibility index (Phi) is 4.04. The molecule has 0 aromatic heterocycles. The van der Waals surface area contributed by atoms with Gasteiger partial charge >= 0.3 is 0 Å². The summed E-state index contributed by atoms with van der Waals surface area (Å²) in [4.78, 5) is 4.98. The first-order valence-corrected chi connectivity index (χ1v) is 8.61. The third kappa shape index (κ3) is 3.11. The summed E-state index contributed by atoms with van der Waals surface area (Å²) in [6.45, 7) is 4.34. The third-order valence-electron chi connectivity index (χ3n) is 5.23. The molecule has 0 saturated carbocycles. The predicted molar refractivity (Wildman–Crippen MR) is 92.2 cm³/mol. The van der Waals surface area contributed by atoms with Crippen LogP contribution in [0.25, 0.3) is 0 Å². The van der Waals surface area contributed by atoms with E-state index in [9.17, 15) is 4.39 Å². The Labute approximate surface area is 137 Å². The van der Waals surface area contributed by atoms with Crippen molar-refractivity contribution in [1.29, 1.82) is 0 Å². The molecule has 0 spiro atoms. The van der Waals surface area contributed by atoms with Crippen molar-refractivity contribution in [3.05, 3.63) is 65.5 Å². The SMILES string of the molecule is Fc1ccc2c(c1)N(C1CCN(Cc3ccccc3)CC1)CC2. The van der Waals surface area contributed by atoms with Crippen LogP contribution in [0.3, 0.4) is 0 Å². The fourth-order valence-corrected chi connectivity index (χ4v) is 3.99. The van der Waals surface area contributed by atoms with Crippen molar-refractivity contribution >= 4 is 5.69 Å². The number of anilines is 1. The first-order chi connectivity index (χ1) is 11.3. The molecule has 0 bridgehead atoms. The van der Waals surface area contributed by atoms with E-state index in [2.05, 4.69) is 40.1 Å². The number of benzene rings is 2. The van der Waals surface area contributed by atoms with Gasteiger partial charge in [0, 0.05) is 37.9 Å². The van der Waals surface area contributed by atoms with Gasteiger partial charge in [-0.2, -0.15) is 0 Å². The highest BCUT2D eigenvalue weighted by Crippen LogP contribution is 2.33. The van der Waals surface area contributed by atoms with E-state index in [1.165, 1.54) is 24.0 Å². The number of rotatable bonds is 3. The van der Waals surface area contributed by atoms with Gasteiger partial charge in [-0.05, 0) is 42.5 Å². The van der Waals surface area contributed by atoms with E-state index in [0.29, 0.717) is 6.04 Å². The summed E-state index contributed by atoms with van der Waals surface area (Å²) in [5.41, 5.74) is 3.82. The van der Waals surface area contributed by atoms with Crippen LogP contribution < -0.4 is 4.90 Å². The van der Waals surface area contributed by atoms with Crippen LogP contribution in [0, 0.1) is 5.82 Å². The zero-order chi connectivity index (χ0) is 15.6. The smallest absolute Gasteiger partial charge is 0.125 e. The minimum atomic E-state index is -0.114. The summed E-state index contributed by atoms with van der Waals surface area (Å²) in [6.07, 6.45) is 3.39. The van der Waals surface area contributed by atoms with Crippen molar-refractivity contribution in [3.63, 3.8) is 0 Å². The van der Waals surface area contributed by atoms with Crippen LogP contribution in [0.1, 0.15) is 24.0 Å². The van der Waals surface area contributed by atoms with Gasteiger partial charge in [0.2, 0.25) is 0 Å². The molecule has 0 amide bonds. The lowest BCUT2D eigenvalue weighted by molar-refractivity contribution is 0.202. The number of likely N-dealkylation sites (tertiary alicyclic amines) is 1. The summed E-state index contributed by atoms with van der Waals surface area (Å²) in [5.74, 6) is -0.114.